The molecule has 0 N–H and O–H groups in total. The van der Waals surface area contributed by atoms with Gasteiger partial charge in [-0.2, -0.15) is 0 Å². The molecule has 1 nitrogen and oxygen atoms in total. The molecule has 2 rings (SSSR count). The van der Waals surface area contributed by atoms with Gasteiger partial charge in [-0.3, -0.25) is 0 Å². The smallest absolute Gasteiger partial charge is 0.120 e. The van der Waals surface area contributed by atoms with Crippen molar-refractivity contribution in [3.8, 4) is 5.75 Å². The molecule has 1 atom stereocenters. The van der Waals surface area contributed by atoms with Gasteiger partial charge >= 0.3 is 0 Å². The molecule has 0 bridgehead atoms. The van der Waals surface area contributed by atoms with Crippen molar-refractivity contribution in [2.24, 2.45) is 0 Å². The first-order chi connectivity index (χ1) is 9.11. The highest BCUT2D eigenvalue weighted by Gasteiger charge is 2.14. The third-order valence-electron chi connectivity index (χ3n) is 2.72. The topological polar surface area (TPSA) is 9.23 Å². The zero-order valence-electron chi connectivity index (χ0n) is 10.4. The van der Waals surface area contributed by atoms with Crippen molar-refractivity contribution in [3.63, 3.8) is 0 Å². The van der Waals surface area contributed by atoms with E-state index in [4.69, 9.17) is 27.9 Å². The first-order valence-electron chi connectivity index (χ1n) is 5.93. The molecule has 2 aromatic rings. The van der Waals surface area contributed by atoms with Crippen LogP contribution in [0.2, 0.25) is 5.02 Å². The van der Waals surface area contributed by atoms with Crippen LogP contribution in [0.15, 0.2) is 46.9 Å². The third kappa shape index (κ3) is 3.65. The molecule has 4 heteroatoms. The number of ether oxygens (including phenoxy) is 1. The van der Waals surface area contributed by atoms with Crippen LogP contribution in [-0.4, -0.2) is 6.61 Å². The molecule has 0 aliphatic heterocycles. The minimum Gasteiger partial charge on any atom is -0.494 e. The van der Waals surface area contributed by atoms with Crippen molar-refractivity contribution in [2.75, 3.05) is 6.61 Å². The summed E-state index contributed by atoms with van der Waals surface area (Å²) in [7, 11) is 0. The fraction of sp³-hybridized carbons (Fsp3) is 0.200. The molecular weight excluding hydrogens is 347 g/mol. The van der Waals surface area contributed by atoms with Gasteiger partial charge in [-0.05, 0) is 42.3 Å². The molecule has 2 aromatic carbocycles. The van der Waals surface area contributed by atoms with E-state index in [0.29, 0.717) is 11.6 Å². The van der Waals surface area contributed by atoms with E-state index in [-0.39, 0.29) is 5.38 Å². The first kappa shape index (κ1) is 14.7. The maximum Gasteiger partial charge on any atom is 0.120 e. The van der Waals surface area contributed by atoms with Gasteiger partial charge in [0.1, 0.15) is 5.75 Å². The van der Waals surface area contributed by atoms with Gasteiger partial charge in [-0.25, -0.2) is 0 Å². The van der Waals surface area contributed by atoms with Gasteiger partial charge in [-0.15, -0.1) is 11.6 Å². The lowest BCUT2D eigenvalue weighted by atomic mass is 10.0. The summed E-state index contributed by atoms with van der Waals surface area (Å²) in [5.41, 5.74) is 2.02. The lowest BCUT2D eigenvalue weighted by Crippen LogP contribution is -1.96. The zero-order chi connectivity index (χ0) is 13.8. The summed E-state index contributed by atoms with van der Waals surface area (Å²) in [6, 6.07) is 13.4. The Balaban J connectivity index is 2.28. The van der Waals surface area contributed by atoms with Gasteiger partial charge < -0.3 is 4.74 Å². The maximum atomic E-state index is 6.50. The summed E-state index contributed by atoms with van der Waals surface area (Å²) in [6.07, 6.45) is 0. The summed E-state index contributed by atoms with van der Waals surface area (Å²) in [5.74, 6) is 0.832. The molecule has 0 aromatic heterocycles. The summed E-state index contributed by atoms with van der Waals surface area (Å²) in [4.78, 5) is 0. The second kappa shape index (κ2) is 6.65. The zero-order valence-corrected chi connectivity index (χ0v) is 13.5. The van der Waals surface area contributed by atoms with Crippen LogP contribution in [0.4, 0.5) is 0 Å². The Hall–Kier alpha value is -0.700. The summed E-state index contributed by atoms with van der Waals surface area (Å²) in [6.45, 7) is 2.60. The van der Waals surface area contributed by atoms with Crippen molar-refractivity contribution in [2.45, 2.75) is 12.3 Å². The molecule has 0 heterocycles. The Kier molecular flexibility index (Phi) is 5.14. The molecule has 0 spiro atoms. The van der Waals surface area contributed by atoms with Crippen LogP contribution in [0, 0.1) is 0 Å². The molecule has 0 aliphatic carbocycles. The molecule has 0 fully saturated rings. The predicted molar refractivity (Wildman–Crippen MR) is 84.5 cm³/mol. The third-order valence-corrected chi connectivity index (χ3v) is 4.14. The monoisotopic (exact) mass is 358 g/mol. The molecule has 100 valence electrons. The van der Waals surface area contributed by atoms with E-state index in [1.807, 2.05) is 49.4 Å². The Labute approximate surface area is 131 Å². The highest BCUT2D eigenvalue weighted by Crippen LogP contribution is 2.36. The number of rotatable bonds is 4. The van der Waals surface area contributed by atoms with Crippen LogP contribution in [0.1, 0.15) is 23.4 Å². The predicted octanol–water partition coefficient (Wildman–Crippen LogP) is 5.83. The second-order valence-electron chi connectivity index (χ2n) is 4.03. The average Bonchev–Trinajstić information content (AvgIpc) is 2.39. The van der Waals surface area contributed by atoms with E-state index in [2.05, 4.69) is 15.9 Å². The van der Waals surface area contributed by atoms with Crippen LogP contribution >= 0.6 is 39.1 Å². The number of hydrogen-bond donors (Lipinski definition) is 0. The molecule has 0 aliphatic rings. The Morgan fingerprint density at radius 3 is 2.42 bits per heavy atom. The normalized spacial score (nSPS) is 12.2. The van der Waals surface area contributed by atoms with E-state index in [1.165, 1.54) is 0 Å². The largest absolute Gasteiger partial charge is 0.494 e. The Morgan fingerprint density at radius 1 is 1.16 bits per heavy atom. The summed E-state index contributed by atoms with van der Waals surface area (Å²) >= 11 is 15.9. The number of halogens is 3. The van der Waals surface area contributed by atoms with Crippen LogP contribution < -0.4 is 4.74 Å². The van der Waals surface area contributed by atoms with Crippen molar-refractivity contribution >= 4 is 39.1 Å². The summed E-state index contributed by atoms with van der Waals surface area (Å²) < 4.78 is 6.39. The molecule has 0 saturated carbocycles. The molecule has 19 heavy (non-hydrogen) atoms. The number of benzene rings is 2. The van der Waals surface area contributed by atoms with E-state index >= 15 is 0 Å². The van der Waals surface area contributed by atoms with Crippen LogP contribution in [0.5, 0.6) is 5.75 Å². The minimum absolute atomic E-state index is 0.220. The lowest BCUT2D eigenvalue weighted by Gasteiger charge is -2.14. The fourth-order valence-electron chi connectivity index (χ4n) is 1.78. The molecule has 0 saturated heterocycles. The Bertz CT molecular complexity index is 555. The summed E-state index contributed by atoms with van der Waals surface area (Å²) in [5, 5.41) is 0.487. The van der Waals surface area contributed by atoms with Gasteiger partial charge in [0.15, 0.2) is 0 Å². The van der Waals surface area contributed by atoms with Crippen LogP contribution in [0.25, 0.3) is 0 Å². The van der Waals surface area contributed by atoms with Crippen molar-refractivity contribution in [1.82, 2.24) is 0 Å². The van der Waals surface area contributed by atoms with Gasteiger partial charge in [0.25, 0.3) is 0 Å². The van der Waals surface area contributed by atoms with E-state index < -0.39 is 0 Å². The second-order valence-corrected chi connectivity index (χ2v) is 5.76. The van der Waals surface area contributed by atoms with Crippen molar-refractivity contribution < 1.29 is 4.74 Å². The molecule has 0 radical (unpaired) electrons. The maximum absolute atomic E-state index is 6.50. The van der Waals surface area contributed by atoms with Crippen molar-refractivity contribution in [3.05, 3.63) is 63.1 Å². The lowest BCUT2D eigenvalue weighted by molar-refractivity contribution is 0.340. The van der Waals surface area contributed by atoms with Crippen molar-refractivity contribution in [1.29, 1.82) is 0 Å². The van der Waals surface area contributed by atoms with Gasteiger partial charge in [0.2, 0.25) is 0 Å². The van der Waals surface area contributed by atoms with Crippen LogP contribution in [-0.2, 0) is 0 Å². The fourth-order valence-corrected chi connectivity index (χ4v) is 2.96. The molecular formula is C15H13BrCl2O. The highest BCUT2D eigenvalue weighted by molar-refractivity contribution is 9.10. The average molecular weight is 360 g/mol. The number of hydrogen-bond acceptors (Lipinski definition) is 1. The van der Waals surface area contributed by atoms with E-state index in [9.17, 15) is 0 Å². The van der Waals surface area contributed by atoms with Crippen LogP contribution in [0.3, 0.4) is 0 Å². The van der Waals surface area contributed by atoms with E-state index in [0.717, 1.165) is 21.3 Å². The van der Waals surface area contributed by atoms with Gasteiger partial charge in [-0.1, -0.05) is 45.7 Å². The SMILES string of the molecule is CCOc1ccc(C(Cl)c2ccc(Cl)cc2)c(Br)c1. The van der Waals surface area contributed by atoms with Gasteiger partial charge in [0, 0.05) is 9.50 Å². The quantitative estimate of drug-likeness (QED) is 0.624. The molecule has 0 amide bonds. The Morgan fingerprint density at radius 2 is 1.84 bits per heavy atom. The van der Waals surface area contributed by atoms with E-state index in [1.54, 1.807) is 0 Å². The number of alkyl halides is 1. The highest BCUT2D eigenvalue weighted by atomic mass is 79.9. The van der Waals surface area contributed by atoms with Gasteiger partial charge in [0.05, 0.1) is 12.0 Å². The minimum atomic E-state index is -0.220. The molecule has 1 unspecified atom stereocenters. The standard InChI is InChI=1S/C15H13BrCl2O/c1-2-19-12-7-8-13(14(16)9-12)15(18)10-3-5-11(17)6-4-10/h3-9,15H,2H2,1H3. The first-order valence-corrected chi connectivity index (χ1v) is 7.54.